The van der Waals surface area contributed by atoms with Crippen LogP contribution in [-0.2, 0) is 16.0 Å². The van der Waals surface area contributed by atoms with Crippen molar-refractivity contribution in [2.75, 3.05) is 38.6 Å². The van der Waals surface area contributed by atoms with Gasteiger partial charge in [-0.1, -0.05) is 36.4 Å². The minimum absolute atomic E-state index is 0.0458. The van der Waals surface area contributed by atoms with Crippen molar-refractivity contribution in [3.8, 4) is 5.75 Å². The number of rotatable bonds is 10. The van der Waals surface area contributed by atoms with Gasteiger partial charge in [0.2, 0.25) is 0 Å². The highest BCUT2D eigenvalue weighted by Crippen LogP contribution is 2.22. The standard InChI is InChI=1S/C22H29N3O3/c1-4-25(16-22(27)24-19-11-7-8-12-20(19)28-3)15-21(26)23-14-13-18-10-6-5-9-17(18)2/h5-12H,4,13-16H2,1-3H3,(H,23,26)(H,24,27)/p+1. The van der Waals surface area contributed by atoms with Gasteiger partial charge in [0.05, 0.1) is 19.3 Å². The van der Waals surface area contributed by atoms with Gasteiger partial charge in [-0.15, -0.1) is 0 Å². The summed E-state index contributed by atoms with van der Waals surface area (Å²) in [6.45, 7) is 5.80. The van der Waals surface area contributed by atoms with Gasteiger partial charge in [-0.2, -0.15) is 0 Å². The fourth-order valence-corrected chi connectivity index (χ4v) is 3.00. The first kappa shape index (κ1) is 21.4. The Morgan fingerprint density at radius 1 is 1.00 bits per heavy atom. The predicted molar refractivity (Wildman–Crippen MR) is 111 cm³/mol. The average Bonchev–Trinajstić information content (AvgIpc) is 2.69. The van der Waals surface area contributed by atoms with Gasteiger partial charge in [-0.25, -0.2) is 0 Å². The largest absolute Gasteiger partial charge is 0.495 e. The van der Waals surface area contributed by atoms with E-state index in [9.17, 15) is 9.59 Å². The summed E-state index contributed by atoms with van der Waals surface area (Å²) in [5.41, 5.74) is 3.09. The number of para-hydroxylation sites is 2. The zero-order valence-corrected chi connectivity index (χ0v) is 16.9. The molecule has 0 saturated carbocycles. The molecule has 2 aromatic rings. The topological polar surface area (TPSA) is 71.9 Å². The van der Waals surface area contributed by atoms with Gasteiger partial charge in [0, 0.05) is 6.54 Å². The lowest BCUT2D eigenvalue weighted by atomic mass is 10.1. The van der Waals surface area contributed by atoms with Gasteiger partial charge < -0.3 is 20.3 Å². The molecule has 28 heavy (non-hydrogen) atoms. The summed E-state index contributed by atoms with van der Waals surface area (Å²) in [6.07, 6.45) is 0.800. The van der Waals surface area contributed by atoms with Crippen LogP contribution in [0.2, 0.25) is 0 Å². The molecule has 0 aliphatic heterocycles. The SMILES string of the molecule is CC[NH+](CC(=O)NCCc1ccccc1C)CC(=O)Nc1ccccc1OC. The molecule has 6 nitrogen and oxygen atoms in total. The maximum Gasteiger partial charge on any atom is 0.279 e. The van der Waals surface area contributed by atoms with Crippen molar-refractivity contribution < 1.29 is 19.2 Å². The molecule has 0 spiro atoms. The quantitative estimate of drug-likeness (QED) is 0.577. The van der Waals surface area contributed by atoms with E-state index in [1.54, 1.807) is 19.2 Å². The maximum atomic E-state index is 12.3. The predicted octanol–water partition coefficient (Wildman–Crippen LogP) is 1.21. The number of hydrogen-bond donors (Lipinski definition) is 3. The molecule has 150 valence electrons. The highest BCUT2D eigenvalue weighted by atomic mass is 16.5. The minimum Gasteiger partial charge on any atom is -0.495 e. The number of nitrogens with one attached hydrogen (secondary N) is 3. The van der Waals surface area contributed by atoms with Gasteiger partial charge >= 0.3 is 0 Å². The first-order chi connectivity index (χ1) is 13.5. The van der Waals surface area contributed by atoms with Gasteiger partial charge in [0.25, 0.3) is 11.8 Å². The molecule has 2 amide bonds. The second-order valence-corrected chi connectivity index (χ2v) is 6.73. The summed E-state index contributed by atoms with van der Waals surface area (Å²) in [7, 11) is 1.57. The fourth-order valence-electron chi connectivity index (χ4n) is 3.00. The molecule has 0 saturated heterocycles. The number of anilines is 1. The number of quaternary nitrogens is 1. The summed E-state index contributed by atoms with van der Waals surface area (Å²) < 4.78 is 5.25. The van der Waals surface area contributed by atoms with Crippen LogP contribution in [0.4, 0.5) is 5.69 Å². The molecule has 6 heteroatoms. The molecule has 0 bridgehead atoms. The number of methoxy groups -OCH3 is 1. The molecule has 0 fully saturated rings. The van der Waals surface area contributed by atoms with Crippen molar-refractivity contribution in [2.45, 2.75) is 20.3 Å². The van der Waals surface area contributed by atoms with Crippen molar-refractivity contribution in [2.24, 2.45) is 0 Å². The minimum atomic E-state index is -0.144. The van der Waals surface area contributed by atoms with Gasteiger partial charge in [0.15, 0.2) is 13.1 Å². The molecular formula is C22H30N3O3+. The van der Waals surface area contributed by atoms with Crippen LogP contribution < -0.4 is 20.3 Å². The molecule has 2 rings (SSSR count). The lowest BCUT2D eigenvalue weighted by Crippen LogP contribution is -3.14. The normalized spacial score (nSPS) is 11.5. The molecule has 0 aliphatic rings. The second kappa shape index (κ2) is 11.1. The highest BCUT2D eigenvalue weighted by molar-refractivity contribution is 5.93. The summed E-state index contributed by atoms with van der Waals surface area (Å²) in [4.78, 5) is 25.5. The Morgan fingerprint density at radius 2 is 1.68 bits per heavy atom. The number of aryl methyl sites for hydroxylation is 1. The molecule has 3 N–H and O–H groups in total. The van der Waals surface area contributed by atoms with Gasteiger partial charge in [-0.3, -0.25) is 9.59 Å². The Morgan fingerprint density at radius 3 is 2.39 bits per heavy atom. The Labute approximate surface area is 166 Å². The lowest BCUT2D eigenvalue weighted by Gasteiger charge is -2.17. The van der Waals surface area contributed by atoms with E-state index in [2.05, 4.69) is 29.7 Å². The number of likely N-dealkylation sites (N-methyl/N-ethyl adjacent to an activating group) is 1. The molecule has 0 aromatic heterocycles. The number of amides is 2. The monoisotopic (exact) mass is 384 g/mol. The summed E-state index contributed by atoms with van der Waals surface area (Å²) in [5.74, 6) is 0.424. The van der Waals surface area contributed by atoms with Gasteiger partial charge in [-0.05, 0) is 43.5 Å². The molecule has 0 aliphatic carbocycles. The third kappa shape index (κ3) is 6.70. The fraction of sp³-hybridized carbons (Fsp3) is 0.364. The van der Waals surface area contributed by atoms with E-state index in [0.29, 0.717) is 24.5 Å². The van der Waals surface area contributed by atoms with Crippen LogP contribution in [0.25, 0.3) is 0 Å². The first-order valence-corrected chi connectivity index (χ1v) is 9.61. The average molecular weight is 385 g/mol. The first-order valence-electron chi connectivity index (χ1n) is 9.61. The van der Waals surface area contributed by atoms with Crippen LogP contribution in [0.15, 0.2) is 48.5 Å². The van der Waals surface area contributed by atoms with E-state index < -0.39 is 0 Å². The van der Waals surface area contributed by atoms with E-state index in [0.717, 1.165) is 11.3 Å². The summed E-state index contributed by atoms with van der Waals surface area (Å²) in [5, 5.41) is 5.81. The zero-order chi connectivity index (χ0) is 20.4. The Balaban J connectivity index is 1.78. The molecule has 0 heterocycles. The van der Waals surface area contributed by atoms with Crippen LogP contribution in [0.1, 0.15) is 18.1 Å². The van der Waals surface area contributed by atoms with E-state index in [-0.39, 0.29) is 24.9 Å². The van der Waals surface area contributed by atoms with E-state index >= 15 is 0 Å². The molecular weight excluding hydrogens is 354 g/mol. The summed E-state index contributed by atoms with van der Waals surface area (Å²) in [6, 6.07) is 15.4. The van der Waals surface area contributed by atoms with E-state index in [4.69, 9.17) is 4.74 Å². The number of hydrogen-bond acceptors (Lipinski definition) is 3. The second-order valence-electron chi connectivity index (χ2n) is 6.73. The number of ether oxygens (including phenoxy) is 1. The molecule has 2 aromatic carbocycles. The van der Waals surface area contributed by atoms with Crippen LogP contribution in [0.5, 0.6) is 5.75 Å². The van der Waals surface area contributed by atoms with Crippen LogP contribution in [0, 0.1) is 6.92 Å². The van der Waals surface area contributed by atoms with Crippen molar-refractivity contribution >= 4 is 17.5 Å². The lowest BCUT2D eigenvalue weighted by molar-refractivity contribution is -0.881. The third-order valence-corrected chi connectivity index (χ3v) is 4.68. The maximum absolute atomic E-state index is 12.3. The molecule has 1 unspecified atom stereocenters. The number of carbonyl (C=O) groups excluding carboxylic acids is 2. The van der Waals surface area contributed by atoms with Crippen LogP contribution in [-0.4, -0.2) is 45.1 Å². The smallest absolute Gasteiger partial charge is 0.279 e. The van der Waals surface area contributed by atoms with Gasteiger partial charge in [0.1, 0.15) is 5.75 Å². The van der Waals surface area contributed by atoms with Crippen molar-refractivity contribution in [3.05, 3.63) is 59.7 Å². The number of carbonyl (C=O) groups is 2. The van der Waals surface area contributed by atoms with E-state index in [1.165, 1.54) is 11.1 Å². The molecule has 1 atom stereocenters. The molecule has 0 radical (unpaired) electrons. The van der Waals surface area contributed by atoms with Crippen LogP contribution in [0.3, 0.4) is 0 Å². The van der Waals surface area contributed by atoms with Crippen molar-refractivity contribution in [3.63, 3.8) is 0 Å². The number of benzene rings is 2. The summed E-state index contributed by atoms with van der Waals surface area (Å²) >= 11 is 0. The third-order valence-electron chi connectivity index (χ3n) is 4.68. The Hall–Kier alpha value is -2.86. The highest BCUT2D eigenvalue weighted by Gasteiger charge is 2.17. The Bertz CT molecular complexity index is 792. The van der Waals surface area contributed by atoms with E-state index in [1.807, 2.05) is 31.2 Å². The van der Waals surface area contributed by atoms with Crippen LogP contribution >= 0.6 is 0 Å². The Kier molecular flexibility index (Phi) is 8.49. The van der Waals surface area contributed by atoms with Crippen molar-refractivity contribution in [1.82, 2.24) is 5.32 Å². The zero-order valence-electron chi connectivity index (χ0n) is 16.9. The van der Waals surface area contributed by atoms with Crippen molar-refractivity contribution in [1.29, 1.82) is 0 Å².